The fourth-order valence-electron chi connectivity index (χ4n) is 3.41. The number of fused-ring (bicyclic) bond motifs is 1. The fraction of sp³-hybridized carbons (Fsp3) is 0.0800. The number of aromatic nitrogens is 2. The summed E-state index contributed by atoms with van der Waals surface area (Å²) in [6, 6.07) is 21.3. The van der Waals surface area contributed by atoms with Gasteiger partial charge in [-0.1, -0.05) is 48.0 Å². The van der Waals surface area contributed by atoms with Crippen molar-refractivity contribution in [1.29, 1.82) is 0 Å². The van der Waals surface area contributed by atoms with Crippen LogP contribution in [0.1, 0.15) is 21.7 Å². The number of benzene rings is 2. The average molecular weight is 426 g/mol. The molecule has 31 heavy (non-hydrogen) atoms. The Kier molecular flexibility index (Phi) is 4.84. The number of rotatable bonds is 4. The molecule has 0 saturated heterocycles. The molecule has 0 atom stereocenters. The number of amides is 1. The molecule has 3 heterocycles. The minimum Gasteiger partial charge on any atom is -0.460 e. The van der Waals surface area contributed by atoms with Gasteiger partial charge in [0.2, 0.25) is 0 Å². The maximum absolute atomic E-state index is 13.2. The molecule has 5 aromatic rings. The lowest BCUT2D eigenvalue weighted by atomic mass is 10.1. The Morgan fingerprint density at radius 3 is 2.52 bits per heavy atom. The molecular formula is C25H19N3O2S. The van der Waals surface area contributed by atoms with Crippen LogP contribution in [0.3, 0.4) is 0 Å². The van der Waals surface area contributed by atoms with Crippen molar-refractivity contribution in [1.82, 2.24) is 9.97 Å². The number of nitrogens with zero attached hydrogens (tertiary/aromatic N) is 2. The zero-order chi connectivity index (χ0) is 21.4. The van der Waals surface area contributed by atoms with Crippen molar-refractivity contribution in [3.63, 3.8) is 0 Å². The number of furan rings is 1. The van der Waals surface area contributed by atoms with E-state index in [1.807, 2.05) is 79.9 Å². The number of hydrogen-bond acceptors (Lipinski definition) is 5. The van der Waals surface area contributed by atoms with Crippen molar-refractivity contribution < 1.29 is 9.21 Å². The molecular weight excluding hydrogens is 406 g/mol. The maximum Gasteiger partial charge on any atom is 0.258 e. The Morgan fingerprint density at radius 1 is 0.935 bits per heavy atom. The van der Waals surface area contributed by atoms with Crippen molar-refractivity contribution >= 4 is 33.3 Å². The molecule has 0 saturated carbocycles. The van der Waals surface area contributed by atoms with Crippen molar-refractivity contribution in [2.24, 2.45) is 0 Å². The second-order valence-corrected chi connectivity index (χ2v) is 8.20. The zero-order valence-electron chi connectivity index (χ0n) is 17.0. The number of aryl methyl sites for hydroxylation is 2. The van der Waals surface area contributed by atoms with Crippen LogP contribution < -0.4 is 5.32 Å². The molecule has 0 aliphatic heterocycles. The molecule has 0 bridgehead atoms. The number of pyridine rings is 1. The molecule has 0 radical (unpaired) electrons. The number of nitrogens with one attached hydrogen (secondary N) is 1. The third-order valence-electron chi connectivity index (χ3n) is 5.03. The van der Waals surface area contributed by atoms with E-state index in [-0.39, 0.29) is 5.91 Å². The van der Waals surface area contributed by atoms with E-state index < -0.39 is 0 Å². The number of carbonyl (C=O) groups is 1. The Hall–Kier alpha value is -3.77. The fourth-order valence-corrected chi connectivity index (χ4v) is 4.13. The number of carbonyl (C=O) groups excluding carboxylic acids is 1. The smallest absolute Gasteiger partial charge is 0.258 e. The zero-order valence-corrected chi connectivity index (χ0v) is 17.9. The number of para-hydroxylation sites is 1. The van der Waals surface area contributed by atoms with Crippen LogP contribution in [0, 0.1) is 13.8 Å². The second-order valence-electron chi connectivity index (χ2n) is 7.34. The summed E-state index contributed by atoms with van der Waals surface area (Å²) in [7, 11) is 0. The molecule has 0 unspecified atom stereocenters. The molecule has 0 fully saturated rings. The molecule has 0 aliphatic carbocycles. The van der Waals surface area contributed by atoms with Crippen molar-refractivity contribution in [3.05, 3.63) is 89.0 Å². The Balaban J connectivity index is 1.49. The minimum atomic E-state index is -0.229. The van der Waals surface area contributed by atoms with E-state index in [1.54, 1.807) is 6.07 Å². The third-order valence-corrected chi connectivity index (χ3v) is 5.78. The second kappa shape index (κ2) is 7.81. The van der Waals surface area contributed by atoms with Gasteiger partial charge in [0.1, 0.15) is 11.5 Å². The average Bonchev–Trinajstić information content (AvgIpc) is 3.42. The Morgan fingerprint density at radius 2 is 1.74 bits per heavy atom. The molecule has 152 valence electrons. The Bertz CT molecular complexity index is 1400. The first-order valence-electron chi connectivity index (χ1n) is 9.87. The van der Waals surface area contributed by atoms with E-state index in [4.69, 9.17) is 4.42 Å². The monoisotopic (exact) mass is 425 g/mol. The molecule has 3 aromatic heterocycles. The highest BCUT2D eigenvalue weighted by molar-refractivity contribution is 7.14. The van der Waals surface area contributed by atoms with Gasteiger partial charge in [-0.2, -0.15) is 0 Å². The van der Waals surface area contributed by atoms with Gasteiger partial charge in [-0.15, -0.1) is 11.3 Å². The molecule has 1 amide bonds. The number of thiazole rings is 1. The van der Waals surface area contributed by atoms with E-state index >= 15 is 0 Å². The van der Waals surface area contributed by atoms with E-state index in [2.05, 4.69) is 15.3 Å². The predicted molar refractivity (Wildman–Crippen MR) is 124 cm³/mol. The summed E-state index contributed by atoms with van der Waals surface area (Å²) < 4.78 is 5.73. The van der Waals surface area contributed by atoms with Crippen LogP contribution in [0.5, 0.6) is 0 Å². The summed E-state index contributed by atoms with van der Waals surface area (Å²) in [6.45, 7) is 3.93. The van der Waals surface area contributed by atoms with Crippen LogP contribution in [0.2, 0.25) is 0 Å². The lowest BCUT2D eigenvalue weighted by molar-refractivity contribution is 0.102. The van der Waals surface area contributed by atoms with Gasteiger partial charge in [-0.3, -0.25) is 10.1 Å². The Labute approximate surface area is 183 Å². The van der Waals surface area contributed by atoms with Crippen LogP contribution in [0.15, 0.2) is 76.5 Å². The predicted octanol–water partition coefficient (Wildman–Crippen LogP) is 6.49. The SMILES string of the molecule is Cc1ccc(-c2csc(NC(=O)c3cc(-c4ccc(C)o4)nc4ccccc34)n2)cc1. The summed E-state index contributed by atoms with van der Waals surface area (Å²) in [4.78, 5) is 22.5. The quantitative estimate of drug-likeness (QED) is 0.357. The third kappa shape index (κ3) is 3.85. The molecule has 0 spiro atoms. The summed E-state index contributed by atoms with van der Waals surface area (Å²) >= 11 is 1.40. The van der Waals surface area contributed by atoms with Gasteiger partial charge >= 0.3 is 0 Å². The molecule has 5 rings (SSSR count). The van der Waals surface area contributed by atoms with Crippen LogP contribution in [-0.2, 0) is 0 Å². The summed E-state index contributed by atoms with van der Waals surface area (Å²) in [5.41, 5.74) is 4.94. The standard InChI is InChI=1S/C25H19N3O2S/c1-15-7-10-17(11-8-15)22-14-31-25(27-22)28-24(29)19-13-21(23-12-9-16(2)30-23)26-20-6-4-3-5-18(19)20/h3-14H,1-2H3,(H,27,28,29). The van der Waals surface area contributed by atoms with Crippen molar-refractivity contribution in [3.8, 4) is 22.7 Å². The van der Waals surface area contributed by atoms with E-state index in [1.165, 1.54) is 16.9 Å². The van der Waals surface area contributed by atoms with Gasteiger partial charge in [-0.05, 0) is 38.1 Å². The van der Waals surface area contributed by atoms with Gasteiger partial charge in [-0.25, -0.2) is 9.97 Å². The normalized spacial score (nSPS) is 11.0. The highest BCUT2D eigenvalue weighted by Crippen LogP contribution is 2.29. The number of anilines is 1. The molecule has 1 N–H and O–H groups in total. The van der Waals surface area contributed by atoms with E-state index in [9.17, 15) is 4.79 Å². The van der Waals surface area contributed by atoms with Gasteiger partial charge in [0.25, 0.3) is 5.91 Å². The largest absolute Gasteiger partial charge is 0.460 e. The summed E-state index contributed by atoms with van der Waals surface area (Å²) in [6.07, 6.45) is 0. The maximum atomic E-state index is 13.2. The van der Waals surface area contributed by atoms with Crippen LogP contribution in [0.25, 0.3) is 33.6 Å². The van der Waals surface area contributed by atoms with Crippen molar-refractivity contribution in [2.75, 3.05) is 5.32 Å². The first-order chi connectivity index (χ1) is 15.1. The van der Waals surface area contributed by atoms with Crippen LogP contribution >= 0.6 is 11.3 Å². The highest BCUT2D eigenvalue weighted by Gasteiger charge is 2.17. The van der Waals surface area contributed by atoms with Gasteiger partial charge in [0.05, 0.1) is 16.8 Å². The molecule has 2 aromatic carbocycles. The summed E-state index contributed by atoms with van der Waals surface area (Å²) in [5, 5.41) is 6.22. The van der Waals surface area contributed by atoms with Gasteiger partial charge < -0.3 is 4.42 Å². The molecule has 0 aliphatic rings. The first kappa shape index (κ1) is 19.2. The molecule has 6 heteroatoms. The number of hydrogen-bond donors (Lipinski definition) is 1. The lowest BCUT2D eigenvalue weighted by Crippen LogP contribution is -2.13. The van der Waals surface area contributed by atoms with Crippen molar-refractivity contribution in [2.45, 2.75) is 13.8 Å². The highest BCUT2D eigenvalue weighted by atomic mass is 32.1. The first-order valence-corrected chi connectivity index (χ1v) is 10.8. The topological polar surface area (TPSA) is 68.0 Å². The van der Waals surface area contributed by atoms with Crippen LogP contribution in [0.4, 0.5) is 5.13 Å². The van der Waals surface area contributed by atoms with Crippen LogP contribution in [-0.4, -0.2) is 15.9 Å². The van der Waals surface area contributed by atoms with E-state index in [0.717, 1.165) is 27.9 Å². The van der Waals surface area contributed by atoms with Gasteiger partial charge in [0, 0.05) is 16.3 Å². The van der Waals surface area contributed by atoms with E-state index in [0.29, 0.717) is 22.1 Å². The molecule has 5 nitrogen and oxygen atoms in total. The summed E-state index contributed by atoms with van der Waals surface area (Å²) in [5.74, 6) is 1.20. The van der Waals surface area contributed by atoms with Gasteiger partial charge in [0.15, 0.2) is 10.9 Å². The lowest BCUT2D eigenvalue weighted by Gasteiger charge is -2.08. The minimum absolute atomic E-state index is 0.229.